The number of nitrogens with zero attached hydrogens (tertiary/aromatic N) is 2. The molecule has 3 rings (SSSR count). The van der Waals surface area contributed by atoms with Crippen molar-refractivity contribution in [3.63, 3.8) is 0 Å². The highest BCUT2D eigenvalue weighted by atomic mass is 32.2. The SMILES string of the molecule is CCCCN(C(=O)COC(=O)c1cc(C)n(-c2ccc(OC)cc2)c1C)[C@H]1CCS(=O)(=O)C1. The minimum absolute atomic E-state index is 0.0284. The lowest BCUT2D eigenvalue weighted by molar-refractivity contribution is -0.136. The van der Waals surface area contributed by atoms with E-state index < -0.39 is 22.4 Å². The summed E-state index contributed by atoms with van der Waals surface area (Å²) >= 11 is 0. The van der Waals surface area contributed by atoms with E-state index in [-0.39, 0.29) is 23.5 Å². The van der Waals surface area contributed by atoms with Crippen molar-refractivity contribution in [3.05, 3.63) is 47.3 Å². The van der Waals surface area contributed by atoms with E-state index in [1.54, 1.807) is 18.1 Å². The Hall–Kier alpha value is -2.81. The van der Waals surface area contributed by atoms with E-state index >= 15 is 0 Å². The molecule has 1 aromatic carbocycles. The highest BCUT2D eigenvalue weighted by molar-refractivity contribution is 7.91. The van der Waals surface area contributed by atoms with E-state index in [9.17, 15) is 18.0 Å². The van der Waals surface area contributed by atoms with E-state index in [0.29, 0.717) is 24.2 Å². The van der Waals surface area contributed by atoms with Crippen molar-refractivity contribution >= 4 is 21.7 Å². The van der Waals surface area contributed by atoms with Gasteiger partial charge in [0.05, 0.1) is 24.2 Å². The van der Waals surface area contributed by atoms with Crippen LogP contribution < -0.4 is 4.74 Å². The first kappa shape index (κ1) is 24.8. The topological polar surface area (TPSA) is 94.9 Å². The Morgan fingerprint density at radius 2 is 1.88 bits per heavy atom. The zero-order valence-corrected chi connectivity index (χ0v) is 20.5. The van der Waals surface area contributed by atoms with E-state index in [0.717, 1.165) is 30.0 Å². The minimum Gasteiger partial charge on any atom is -0.497 e. The number of ether oxygens (including phenoxy) is 2. The van der Waals surface area contributed by atoms with Crippen LogP contribution in [0.1, 0.15) is 47.9 Å². The maximum absolute atomic E-state index is 12.9. The van der Waals surface area contributed by atoms with E-state index in [1.165, 1.54) is 0 Å². The van der Waals surface area contributed by atoms with Crippen LogP contribution in [-0.2, 0) is 19.4 Å². The predicted molar refractivity (Wildman–Crippen MR) is 126 cm³/mol. The molecular weight excluding hydrogens is 444 g/mol. The lowest BCUT2D eigenvalue weighted by Gasteiger charge is -2.28. The lowest BCUT2D eigenvalue weighted by Crippen LogP contribution is -2.43. The molecule has 1 amide bonds. The van der Waals surface area contributed by atoms with Crippen molar-refractivity contribution < 1.29 is 27.5 Å². The van der Waals surface area contributed by atoms with Gasteiger partial charge in [-0.1, -0.05) is 13.3 Å². The molecule has 0 spiro atoms. The van der Waals surface area contributed by atoms with E-state index in [2.05, 4.69) is 0 Å². The molecule has 180 valence electrons. The number of aromatic nitrogens is 1. The average molecular weight is 477 g/mol. The number of unbranched alkanes of at least 4 members (excludes halogenated alkanes) is 1. The number of esters is 1. The van der Waals surface area contributed by atoms with Crippen molar-refractivity contribution in [2.24, 2.45) is 0 Å². The summed E-state index contributed by atoms with van der Waals surface area (Å²) in [6.07, 6.45) is 2.06. The molecule has 0 unspecified atom stereocenters. The third-order valence-corrected chi connectivity index (χ3v) is 7.78. The number of methoxy groups -OCH3 is 1. The highest BCUT2D eigenvalue weighted by Crippen LogP contribution is 2.24. The standard InChI is InChI=1S/C24H32N2O6S/c1-5-6-12-25(20-11-13-33(29,30)16-20)23(27)15-32-24(28)22-14-17(2)26(18(22)3)19-7-9-21(31-4)10-8-19/h7-10,14,20H,5-6,11-13,15-16H2,1-4H3/t20-/m0/s1. The molecule has 0 saturated carbocycles. The molecular formula is C24H32N2O6S. The molecule has 1 aliphatic rings. The molecule has 9 heteroatoms. The maximum Gasteiger partial charge on any atom is 0.340 e. The molecule has 0 bridgehead atoms. The van der Waals surface area contributed by atoms with Crippen molar-refractivity contribution in [3.8, 4) is 11.4 Å². The molecule has 2 heterocycles. The molecule has 0 radical (unpaired) electrons. The van der Waals surface area contributed by atoms with Gasteiger partial charge in [0, 0.05) is 29.7 Å². The fourth-order valence-corrected chi connectivity index (χ4v) is 5.98. The maximum atomic E-state index is 12.9. The molecule has 1 aromatic heterocycles. The Labute approximate surface area is 195 Å². The summed E-state index contributed by atoms with van der Waals surface area (Å²) in [5.41, 5.74) is 2.84. The third kappa shape index (κ3) is 5.76. The van der Waals surface area contributed by atoms with Crippen LogP contribution in [0.2, 0.25) is 0 Å². The molecule has 8 nitrogen and oxygen atoms in total. The third-order valence-electron chi connectivity index (χ3n) is 6.03. The Balaban J connectivity index is 1.71. The van der Waals surface area contributed by atoms with Crippen LogP contribution in [-0.4, -0.2) is 67.6 Å². The van der Waals surface area contributed by atoms with Gasteiger partial charge < -0.3 is 18.9 Å². The summed E-state index contributed by atoms with van der Waals surface area (Å²) in [7, 11) is -1.52. The van der Waals surface area contributed by atoms with Crippen LogP contribution >= 0.6 is 0 Å². The minimum atomic E-state index is -3.12. The molecule has 2 aromatic rings. The number of benzene rings is 1. The first-order valence-electron chi connectivity index (χ1n) is 11.2. The zero-order valence-electron chi connectivity index (χ0n) is 19.7. The normalized spacial score (nSPS) is 17.0. The summed E-state index contributed by atoms with van der Waals surface area (Å²) < 4.78 is 36.3. The number of carbonyl (C=O) groups excluding carboxylic acids is 2. The highest BCUT2D eigenvalue weighted by Gasteiger charge is 2.34. The summed E-state index contributed by atoms with van der Waals surface area (Å²) in [5, 5.41) is 0. The van der Waals surface area contributed by atoms with E-state index in [4.69, 9.17) is 9.47 Å². The quantitative estimate of drug-likeness (QED) is 0.516. The lowest BCUT2D eigenvalue weighted by atomic mass is 10.2. The molecule has 1 fully saturated rings. The van der Waals surface area contributed by atoms with Crippen molar-refractivity contribution in [2.45, 2.75) is 46.1 Å². The number of hydrogen-bond donors (Lipinski definition) is 0. The number of carbonyl (C=O) groups is 2. The van der Waals surface area contributed by atoms with E-state index in [1.807, 2.05) is 49.6 Å². The zero-order chi connectivity index (χ0) is 24.2. The van der Waals surface area contributed by atoms with Gasteiger partial charge in [0.1, 0.15) is 5.75 Å². The smallest absolute Gasteiger partial charge is 0.340 e. The number of hydrogen-bond acceptors (Lipinski definition) is 6. The summed E-state index contributed by atoms with van der Waals surface area (Å²) in [4.78, 5) is 27.2. The fraction of sp³-hybridized carbons (Fsp3) is 0.500. The van der Waals surface area contributed by atoms with Crippen LogP contribution in [0, 0.1) is 13.8 Å². The van der Waals surface area contributed by atoms with Gasteiger partial charge in [-0.05, 0) is 57.0 Å². The molecule has 33 heavy (non-hydrogen) atoms. The fourth-order valence-electron chi connectivity index (χ4n) is 4.25. The summed E-state index contributed by atoms with van der Waals surface area (Å²) in [6.45, 7) is 5.77. The van der Waals surface area contributed by atoms with Crippen molar-refractivity contribution in [2.75, 3.05) is 31.8 Å². The molecule has 1 atom stereocenters. The largest absolute Gasteiger partial charge is 0.497 e. The second kappa shape index (κ2) is 10.4. The van der Waals surface area contributed by atoms with Crippen LogP contribution in [0.15, 0.2) is 30.3 Å². The molecule has 1 aliphatic heterocycles. The average Bonchev–Trinajstić information content (AvgIpc) is 3.30. The van der Waals surface area contributed by atoms with Crippen LogP contribution in [0.3, 0.4) is 0 Å². The Bertz CT molecular complexity index is 1100. The van der Waals surface area contributed by atoms with Gasteiger partial charge in [0.15, 0.2) is 16.4 Å². The van der Waals surface area contributed by atoms with Gasteiger partial charge in [-0.25, -0.2) is 13.2 Å². The number of amides is 1. The van der Waals surface area contributed by atoms with Gasteiger partial charge in [0.25, 0.3) is 5.91 Å². The van der Waals surface area contributed by atoms with Gasteiger partial charge in [-0.3, -0.25) is 4.79 Å². The molecule has 0 N–H and O–H groups in total. The van der Waals surface area contributed by atoms with Gasteiger partial charge in [0.2, 0.25) is 0 Å². The second-order valence-corrected chi connectivity index (χ2v) is 10.6. The van der Waals surface area contributed by atoms with Gasteiger partial charge in [-0.15, -0.1) is 0 Å². The molecule has 0 aliphatic carbocycles. The Morgan fingerprint density at radius 3 is 2.45 bits per heavy atom. The monoisotopic (exact) mass is 476 g/mol. The Kier molecular flexibility index (Phi) is 7.84. The predicted octanol–water partition coefficient (Wildman–Crippen LogP) is 3.08. The summed E-state index contributed by atoms with van der Waals surface area (Å²) in [6, 6.07) is 8.88. The molecule has 1 saturated heterocycles. The second-order valence-electron chi connectivity index (χ2n) is 8.39. The van der Waals surface area contributed by atoms with Gasteiger partial charge >= 0.3 is 5.97 Å². The van der Waals surface area contributed by atoms with Crippen molar-refractivity contribution in [1.29, 1.82) is 0 Å². The Morgan fingerprint density at radius 1 is 1.18 bits per heavy atom. The van der Waals surface area contributed by atoms with Gasteiger partial charge in [-0.2, -0.15) is 0 Å². The van der Waals surface area contributed by atoms with Crippen molar-refractivity contribution in [1.82, 2.24) is 9.47 Å². The number of rotatable bonds is 9. The first-order chi connectivity index (χ1) is 15.7. The number of sulfone groups is 1. The van der Waals surface area contributed by atoms with Crippen LogP contribution in [0.25, 0.3) is 5.69 Å². The van der Waals surface area contributed by atoms with Crippen LogP contribution in [0.5, 0.6) is 5.75 Å². The first-order valence-corrected chi connectivity index (χ1v) is 13.0. The van der Waals surface area contributed by atoms with Crippen LogP contribution in [0.4, 0.5) is 0 Å². The number of aryl methyl sites for hydroxylation is 1. The summed E-state index contributed by atoms with van der Waals surface area (Å²) in [5.74, 6) is -0.139.